The highest BCUT2D eigenvalue weighted by Gasteiger charge is 2.46. The molecule has 1 aromatic carbocycles. The Bertz CT molecular complexity index is 672. The van der Waals surface area contributed by atoms with E-state index in [1.807, 2.05) is 37.3 Å². The molecule has 128 valence electrons. The predicted octanol–water partition coefficient (Wildman–Crippen LogP) is 1.41. The van der Waals surface area contributed by atoms with Gasteiger partial charge in [-0.25, -0.2) is 9.69 Å². The summed E-state index contributed by atoms with van der Waals surface area (Å²) in [5.41, 5.74) is 0.937. The first-order valence-electron chi connectivity index (χ1n) is 7.75. The van der Waals surface area contributed by atoms with Crippen molar-refractivity contribution in [1.82, 2.24) is 14.7 Å². The summed E-state index contributed by atoms with van der Waals surface area (Å²) < 4.78 is 0. The molecule has 7 nitrogen and oxygen atoms in total. The minimum atomic E-state index is -0.956. The van der Waals surface area contributed by atoms with Crippen LogP contribution in [0.3, 0.4) is 0 Å². The zero-order valence-electron chi connectivity index (χ0n) is 14.2. The fraction of sp³-hybridized carbons (Fsp3) is 0.412. The van der Waals surface area contributed by atoms with Crippen molar-refractivity contribution < 1.29 is 19.2 Å². The van der Waals surface area contributed by atoms with Crippen LogP contribution in [-0.4, -0.2) is 58.1 Å². The molecule has 1 atom stereocenters. The molecule has 1 aromatic rings. The average molecular weight is 331 g/mol. The minimum Gasteiger partial charge on any atom is -0.337 e. The molecule has 0 bridgehead atoms. The Morgan fingerprint density at radius 2 is 1.62 bits per heavy atom. The molecule has 1 aliphatic rings. The third-order valence-corrected chi connectivity index (χ3v) is 4.15. The third-order valence-electron chi connectivity index (χ3n) is 4.15. The molecule has 0 spiro atoms. The van der Waals surface area contributed by atoms with Crippen LogP contribution < -0.4 is 0 Å². The maximum Gasteiger partial charge on any atom is 0.334 e. The molecule has 1 heterocycles. The molecule has 1 saturated heterocycles. The fourth-order valence-corrected chi connectivity index (χ4v) is 2.54. The smallest absolute Gasteiger partial charge is 0.334 e. The topological polar surface area (TPSA) is 78.0 Å². The van der Waals surface area contributed by atoms with Gasteiger partial charge in [0.2, 0.25) is 5.91 Å². The first-order chi connectivity index (χ1) is 11.3. The molecular weight excluding hydrogens is 310 g/mol. The van der Waals surface area contributed by atoms with E-state index in [0.29, 0.717) is 4.90 Å². The molecular formula is C17H21N3O4. The summed E-state index contributed by atoms with van der Waals surface area (Å²) in [6.45, 7) is 4.68. The van der Waals surface area contributed by atoms with E-state index in [1.165, 1.54) is 4.90 Å². The Balaban J connectivity index is 2.10. The summed E-state index contributed by atoms with van der Waals surface area (Å²) in [7, 11) is 1.60. The van der Waals surface area contributed by atoms with Crippen LogP contribution in [0.5, 0.6) is 0 Å². The highest BCUT2D eigenvalue weighted by atomic mass is 16.2. The van der Waals surface area contributed by atoms with Gasteiger partial charge in [0.15, 0.2) is 0 Å². The van der Waals surface area contributed by atoms with Crippen LogP contribution in [0.4, 0.5) is 4.79 Å². The van der Waals surface area contributed by atoms with Crippen molar-refractivity contribution >= 4 is 23.8 Å². The third kappa shape index (κ3) is 3.15. The minimum absolute atomic E-state index is 0.219. The number of hydrogen-bond donors (Lipinski definition) is 0. The number of likely N-dealkylation sites (N-methyl/N-ethyl adjacent to an activating group) is 1. The van der Waals surface area contributed by atoms with Gasteiger partial charge in [-0.2, -0.15) is 0 Å². The van der Waals surface area contributed by atoms with E-state index in [-0.39, 0.29) is 6.04 Å². The molecule has 0 aliphatic carbocycles. The van der Waals surface area contributed by atoms with E-state index in [4.69, 9.17) is 0 Å². The molecule has 0 radical (unpaired) electrons. The molecule has 2 rings (SSSR count). The molecule has 1 unspecified atom stereocenters. The molecule has 1 aliphatic heterocycles. The zero-order chi connectivity index (χ0) is 18.0. The predicted molar refractivity (Wildman–Crippen MR) is 86.7 cm³/mol. The monoisotopic (exact) mass is 331 g/mol. The Kier molecular flexibility index (Phi) is 5.02. The van der Waals surface area contributed by atoms with Gasteiger partial charge < -0.3 is 4.90 Å². The summed E-state index contributed by atoms with van der Waals surface area (Å²) in [5, 5.41) is 0. The summed E-state index contributed by atoms with van der Waals surface area (Å²) in [5.74, 6) is -2.25. The van der Waals surface area contributed by atoms with E-state index in [2.05, 4.69) is 0 Å². The van der Waals surface area contributed by atoms with E-state index in [1.54, 1.807) is 20.9 Å². The first-order valence-corrected chi connectivity index (χ1v) is 7.75. The lowest BCUT2D eigenvalue weighted by Gasteiger charge is -2.27. The van der Waals surface area contributed by atoms with Crippen LogP contribution in [-0.2, 0) is 14.4 Å². The van der Waals surface area contributed by atoms with Crippen molar-refractivity contribution in [3.05, 3.63) is 35.9 Å². The Labute approximate surface area is 140 Å². The average Bonchev–Trinajstić information content (AvgIpc) is 2.77. The number of benzene rings is 1. The van der Waals surface area contributed by atoms with Gasteiger partial charge in [0.1, 0.15) is 6.54 Å². The fourth-order valence-electron chi connectivity index (χ4n) is 2.54. The molecule has 0 N–H and O–H groups in total. The second-order valence-corrected chi connectivity index (χ2v) is 6.03. The number of carbonyl (C=O) groups excluding carboxylic acids is 4. The maximum atomic E-state index is 12.4. The summed E-state index contributed by atoms with van der Waals surface area (Å²) >= 11 is 0. The number of carbonyl (C=O) groups is 4. The highest BCUT2D eigenvalue weighted by molar-refractivity contribution is 6.45. The van der Waals surface area contributed by atoms with Crippen LogP contribution >= 0.6 is 0 Å². The van der Waals surface area contributed by atoms with E-state index < -0.39 is 36.3 Å². The normalized spacial score (nSPS) is 16.1. The van der Waals surface area contributed by atoms with Gasteiger partial charge >= 0.3 is 17.8 Å². The number of rotatable bonds is 5. The first kappa shape index (κ1) is 17.7. The second kappa shape index (κ2) is 6.82. The van der Waals surface area contributed by atoms with Crippen molar-refractivity contribution in [2.75, 3.05) is 13.6 Å². The Hall–Kier alpha value is -2.70. The van der Waals surface area contributed by atoms with E-state index in [0.717, 1.165) is 10.5 Å². The van der Waals surface area contributed by atoms with Crippen molar-refractivity contribution in [3.8, 4) is 0 Å². The van der Waals surface area contributed by atoms with Gasteiger partial charge in [-0.05, 0) is 26.3 Å². The molecule has 24 heavy (non-hydrogen) atoms. The van der Waals surface area contributed by atoms with Crippen LogP contribution in [0.1, 0.15) is 32.4 Å². The standard InChI is InChI=1S/C17H21N3O4/c1-11(2)20-16(23)15(22)19(17(20)24)10-14(21)18(4)12(3)13-8-6-5-7-9-13/h5-9,11-12H,10H2,1-4H3. The van der Waals surface area contributed by atoms with Crippen LogP contribution in [0.2, 0.25) is 0 Å². The largest absolute Gasteiger partial charge is 0.337 e. The van der Waals surface area contributed by atoms with Crippen LogP contribution in [0.25, 0.3) is 0 Å². The van der Waals surface area contributed by atoms with Gasteiger partial charge in [-0.3, -0.25) is 19.3 Å². The number of hydrogen-bond acceptors (Lipinski definition) is 4. The molecule has 7 heteroatoms. The molecule has 0 aromatic heterocycles. The van der Waals surface area contributed by atoms with E-state index in [9.17, 15) is 19.2 Å². The lowest BCUT2D eigenvalue weighted by molar-refractivity contribution is -0.145. The zero-order valence-corrected chi connectivity index (χ0v) is 14.2. The summed E-state index contributed by atoms with van der Waals surface area (Å²) in [6, 6.07) is 8.02. The van der Waals surface area contributed by atoms with Gasteiger partial charge in [-0.1, -0.05) is 30.3 Å². The van der Waals surface area contributed by atoms with E-state index >= 15 is 0 Å². The van der Waals surface area contributed by atoms with Crippen molar-refractivity contribution in [1.29, 1.82) is 0 Å². The quantitative estimate of drug-likeness (QED) is 0.604. The number of urea groups is 1. The van der Waals surface area contributed by atoms with Gasteiger partial charge in [0, 0.05) is 13.1 Å². The Morgan fingerprint density at radius 1 is 1.04 bits per heavy atom. The van der Waals surface area contributed by atoms with Gasteiger partial charge in [0.05, 0.1) is 6.04 Å². The number of imide groups is 2. The molecule has 0 saturated carbocycles. The van der Waals surface area contributed by atoms with Crippen molar-refractivity contribution in [2.45, 2.75) is 32.9 Å². The van der Waals surface area contributed by atoms with Gasteiger partial charge in [0.25, 0.3) is 0 Å². The highest BCUT2D eigenvalue weighted by Crippen LogP contribution is 2.20. The SMILES string of the molecule is CC(c1ccccc1)N(C)C(=O)CN1C(=O)C(=O)N(C(C)C)C1=O. The van der Waals surface area contributed by atoms with Gasteiger partial charge in [-0.15, -0.1) is 0 Å². The van der Waals surface area contributed by atoms with Crippen molar-refractivity contribution in [3.63, 3.8) is 0 Å². The molecule has 5 amide bonds. The second-order valence-electron chi connectivity index (χ2n) is 6.03. The van der Waals surface area contributed by atoms with Crippen molar-refractivity contribution in [2.24, 2.45) is 0 Å². The Morgan fingerprint density at radius 3 is 2.12 bits per heavy atom. The number of amides is 5. The summed E-state index contributed by atoms with van der Waals surface area (Å²) in [6.07, 6.45) is 0. The summed E-state index contributed by atoms with van der Waals surface area (Å²) in [4.78, 5) is 51.5. The van der Waals surface area contributed by atoms with Crippen LogP contribution in [0.15, 0.2) is 30.3 Å². The lowest BCUT2D eigenvalue weighted by atomic mass is 10.1. The maximum absolute atomic E-state index is 12.4. The van der Waals surface area contributed by atoms with Crippen LogP contribution in [0, 0.1) is 0 Å². The lowest BCUT2D eigenvalue weighted by Crippen LogP contribution is -2.43. The molecule has 1 fully saturated rings. The number of nitrogens with zero attached hydrogens (tertiary/aromatic N) is 3.